The van der Waals surface area contributed by atoms with Crippen molar-refractivity contribution in [2.45, 2.75) is 37.6 Å². The average Bonchev–Trinajstić information content (AvgIpc) is 2.69. The zero-order chi connectivity index (χ0) is 25.0. The predicted octanol–water partition coefficient (Wildman–Crippen LogP) is 3.69. The zero-order valence-electron chi connectivity index (χ0n) is 18.2. The van der Waals surface area contributed by atoms with Crippen molar-refractivity contribution in [2.75, 3.05) is 6.54 Å². The fraction of sp³-hybridized carbons (Fsp3) is 0.333. The summed E-state index contributed by atoms with van der Waals surface area (Å²) in [6, 6.07) is 10.6. The largest absolute Gasteiger partial charge is 0.465 e. The third kappa shape index (κ3) is 7.16. The zero-order valence-corrected chi connectivity index (χ0v) is 19.8. The molecule has 0 heterocycles. The highest BCUT2D eigenvalue weighted by molar-refractivity contribution is 7.90. The number of nitro benzene ring substituents is 1. The van der Waals surface area contributed by atoms with Gasteiger partial charge in [0.1, 0.15) is 0 Å². The topological polar surface area (TPSA) is 147 Å². The fourth-order valence-electron chi connectivity index (χ4n) is 3.07. The van der Waals surface area contributed by atoms with E-state index in [2.05, 4.69) is 0 Å². The molecule has 0 bridgehead atoms. The van der Waals surface area contributed by atoms with Crippen molar-refractivity contribution < 1.29 is 28.0 Å². The molecule has 0 aromatic heterocycles. The van der Waals surface area contributed by atoms with E-state index in [9.17, 15) is 33.2 Å². The molecule has 10 nitrogen and oxygen atoms in total. The molecule has 0 saturated heterocycles. The smallest absolute Gasteiger partial charge is 0.407 e. The van der Waals surface area contributed by atoms with Crippen LogP contribution < -0.4 is 4.72 Å². The number of carboxylic acid groups (broad SMARTS) is 1. The number of amides is 2. The maximum atomic E-state index is 13.0. The van der Waals surface area contributed by atoms with Gasteiger partial charge in [0.2, 0.25) is 5.91 Å². The number of hydrogen-bond acceptors (Lipinski definition) is 6. The SMILES string of the molecule is CC(C)(C)N(CC(Cc1cccc(Cl)c1)C(=O)NS(=O)(=O)c1ccc([N+](=O)[O-])cc1)C(=O)O. The number of rotatable bonds is 8. The number of halogens is 1. The van der Waals surface area contributed by atoms with Crippen molar-refractivity contribution in [1.29, 1.82) is 0 Å². The van der Waals surface area contributed by atoms with Gasteiger partial charge in [0, 0.05) is 29.2 Å². The van der Waals surface area contributed by atoms with Gasteiger partial charge in [-0.05, 0) is 57.0 Å². The molecular weight excluding hydrogens is 474 g/mol. The molecule has 12 heteroatoms. The van der Waals surface area contributed by atoms with Gasteiger partial charge in [0.15, 0.2) is 0 Å². The lowest BCUT2D eigenvalue weighted by atomic mass is 9.96. The number of nitrogens with one attached hydrogen (secondary N) is 1. The molecule has 33 heavy (non-hydrogen) atoms. The summed E-state index contributed by atoms with van der Waals surface area (Å²) in [5.41, 5.74) is -0.535. The minimum atomic E-state index is -4.35. The van der Waals surface area contributed by atoms with E-state index in [0.717, 1.165) is 29.2 Å². The Morgan fingerprint density at radius 2 is 1.79 bits per heavy atom. The second kappa shape index (κ2) is 10.2. The van der Waals surface area contributed by atoms with Crippen LogP contribution in [0.3, 0.4) is 0 Å². The third-order valence-electron chi connectivity index (χ3n) is 4.78. The summed E-state index contributed by atoms with van der Waals surface area (Å²) in [4.78, 5) is 35.7. The summed E-state index contributed by atoms with van der Waals surface area (Å²) in [5, 5.41) is 20.8. The van der Waals surface area contributed by atoms with Crippen molar-refractivity contribution in [2.24, 2.45) is 5.92 Å². The van der Waals surface area contributed by atoms with Crippen molar-refractivity contribution in [3.05, 3.63) is 69.2 Å². The molecule has 0 aliphatic heterocycles. The standard InChI is InChI=1S/C21H24ClN3O7S/c1-21(2,3)24(20(27)28)13-15(11-14-5-4-6-16(22)12-14)19(26)23-33(31,32)18-9-7-17(8-10-18)25(29)30/h4-10,12,15H,11,13H2,1-3H3,(H,23,26)(H,27,28). The van der Waals surface area contributed by atoms with E-state index in [1.165, 1.54) is 0 Å². The van der Waals surface area contributed by atoms with Crippen LogP contribution in [-0.4, -0.2) is 47.4 Å². The Balaban J connectivity index is 2.35. The number of benzene rings is 2. The molecule has 1 unspecified atom stereocenters. The fourth-order valence-corrected chi connectivity index (χ4v) is 4.33. The monoisotopic (exact) mass is 497 g/mol. The molecule has 0 aliphatic carbocycles. The predicted molar refractivity (Wildman–Crippen MR) is 122 cm³/mol. The van der Waals surface area contributed by atoms with Gasteiger partial charge in [-0.15, -0.1) is 0 Å². The number of carbonyl (C=O) groups is 2. The summed E-state index contributed by atoms with van der Waals surface area (Å²) in [7, 11) is -4.35. The van der Waals surface area contributed by atoms with E-state index < -0.39 is 38.4 Å². The van der Waals surface area contributed by atoms with E-state index >= 15 is 0 Å². The van der Waals surface area contributed by atoms with Gasteiger partial charge in [-0.1, -0.05) is 23.7 Å². The van der Waals surface area contributed by atoms with Crippen molar-refractivity contribution in [3.8, 4) is 0 Å². The molecule has 0 fully saturated rings. The first kappa shape index (κ1) is 26.1. The molecule has 2 aromatic carbocycles. The van der Waals surface area contributed by atoms with Crippen LogP contribution in [0, 0.1) is 16.0 Å². The number of carbonyl (C=O) groups excluding carboxylic acids is 1. The molecule has 0 aliphatic rings. The van der Waals surface area contributed by atoms with Crippen LogP contribution in [0.5, 0.6) is 0 Å². The molecular formula is C21H24ClN3O7S. The first-order chi connectivity index (χ1) is 15.2. The highest BCUT2D eigenvalue weighted by Gasteiger charge is 2.33. The lowest BCUT2D eigenvalue weighted by Crippen LogP contribution is -2.50. The first-order valence-electron chi connectivity index (χ1n) is 9.77. The van der Waals surface area contributed by atoms with E-state index in [0.29, 0.717) is 10.6 Å². The molecule has 2 rings (SSSR count). The van der Waals surface area contributed by atoms with E-state index in [1.54, 1.807) is 45.0 Å². The number of non-ortho nitro benzene ring substituents is 1. The van der Waals surface area contributed by atoms with Gasteiger partial charge in [-0.3, -0.25) is 14.9 Å². The maximum Gasteiger partial charge on any atom is 0.407 e. The molecule has 2 N–H and O–H groups in total. The van der Waals surface area contributed by atoms with Gasteiger partial charge in [0.25, 0.3) is 15.7 Å². The molecule has 0 radical (unpaired) electrons. The van der Waals surface area contributed by atoms with Crippen LogP contribution in [0.4, 0.5) is 10.5 Å². The lowest BCUT2D eigenvalue weighted by molar-refractivity contribution is -0.384. The summed E-state index contributed by atoms with van der Waals surface area (Å²) < 4.78 is 27.4. The minimum absolute atomic E-state index is 0.0298. The van der Waals surface area contributed by atoms with E-state index in [-0.39, 0.29) is 23.5 Å². The Morgan fingerprint density at radius 3 is 2.27 bits per heavy atom. The molecule has 2 amide bonds. The molecule has 0 saturated carbocycles. The number of hydrogen-bond donors (Lipinski definition) is 2. The molecule has 178 valence electrons. The number of sulfonamides is 1. The van der Waals surface area contributed by atoms with Crippen molar-refractivity contribution >= 4 is 39.3 Å². The Morgan fingerprint density at radius 1 is 1.18 bits per heavy atom. The minimum Gasteiger partial charge on any atom is -0.465 e. The normalized spacial score (nSPS) is 12.6. The summed E-state index contributed by atoms with van der Waals surface area (Å²) in [6.45, 7) is 4.70. The van der Waals surface area contributed by atoms with Crippen molar-refractivity contribution in [1.82, 2.24) is 9.62 Å². The van der Waals surface area contributed by atoms with Crippen LogP contribution in [0.15, 0.2) is 53.4 Å². The van der Waals surface area contributed by atoms with Gasteiger partial charge >= 0.3 is 6.09 Å². The van der Waals surface area contributed by atoms with Gasteiger partial charge in [0.05, 0.1) is 15.7 Å². The van der Waals surface area contributed by atoms with E-state index in [4.69, 9.17) is 11.6 Å². The van der Waals surface area contributed by atoms with Crippen LogP contribution in [0.1, 0.15) is 26.3 Å². The Labute approximate surface area is 196 Å². The Hall–Kier alpha value is -3.18. The third-order valence-corrected chi connectivity index (χ3v) is 6.38. The quantitative estimate of drug-likeness (QED) is 0.417. The average molecular weight is 498 g/mol. The summed E-state index contributed by atoms with van der Waals surface area (Å²) >= 11 is 6.01. The highest BCUT2D eigenvalue weighted by Crippen LogP contribution is 2.22. The number of nitrogens with zero attached hydrogens (tertiary/aromatic N) is 2. The van der Waals surface area contributed by atoms with Crippen LogP contribution in [0.2, 0.25) is 5.02 Å². The second-order valence-corrected chi connectivity index (χ2v) is 10.4. The summed E-state index contributed by atoms with van der Waals surface area (Å²) in [6.07, 6.45) is -1.23. The molecule has 0 spiro atoms. The van der Waals surface area contributed by atoms with E-state index in [1.807, 2.05) is 4.72 Å². The molecule has 2 aromatic rings. The number of nitro groups is 1. The molecule has 1 atom stereocenters. The summed E-state index contributed by atoms with van der Waals surface area (Å²) in [5.74, 6) is -1.98. The first-order valence-corrected chi connectivity index (χ1v) is 11.6. The van der Waals surface area contributed by atoms with Crippen LogP contribution >= 0.6 is 11.6 Å². The van der Waals surface area contributed by atoms with Crippen LogP contribution in [-0.2, 0) is 21.2 Å². The Kier molecular flexibility index (Phi) is 8.04. The van der Waals surface area contributed by atoms with Gasteiger partial charge < -0.3 is 10.0 Å². The van der Waals surface area contributed by atoms with Crippen molar-refractivity contribution in [3.63, 3.8) is 0 Å². The highest BCUT2D eigenvalue weighted by atomic mass is 35.5. The Bertz CT molecular complexity index is 1150. The second-order valence-electron chi connectivity index (χ2n) is 8.32. The lowest BCUT2D eigenvalue weighted by Gasteiger charge is -2.35. The maximum absolute atomic E-state index is 13.0. The van der Waals surface area contributed by atoms with Crippen LogP contribution in [0.25, 0.3) is 0 Å². The van der Waals surface area contributed by atoms with Gasteiger partial charge in [-0.25, -0.2) is 17.9 Å². The van der Waals surface area contributed by atoms with Gasteiger partial charge in [-0.2, -0.15) is 0 Å².